The van der Waals surface area contributed by atoms with Gasteiger partial charge in [0.05, 0.1) is 0 Å². The highest BCUT2D eigenvalue weighted by atomic mass is 32.2. The van der Waals surface area contributed by atoms with E-state index in [4.69, 9.17) is 5.73 Å². The molecule has 2 N–H and O–H groups in total. The molecule has 0 aromatic carbocycles. The first-order chi connectivity index (χ1) is 9.52. The third-order valence-corrected chi connectivity index (χ3v) is 5.55. The van der Waals surface area contributed by atoms with Crippen molar-refractivity contribution in [2.75, 3.05) is 24.7 Å². The Morgan fingerprint density at radius 3 is 2.70 bits per heavy atom. The van der Waals surface area contributed by atoms with Crippen molar-refractivity contribution >= 4 is 55.7 Å². The number of nitrogens with zero attached hydrogens (tertiary/aromatic N) is 5. The highest BCUT2D eigenvalue weighted by Crippen LogP contribution is 2.37. The molecular formula is C11H12N6S3. The molecule has 0 fully saturated rings. The van der Waals surface area contributed by atoms with Crippen LogP contribution < -0.4 is 10.6 Å². The molecule has 0 aliphatic carbocycles. The molecule has 3 heterocycles. The van der Waals surface area contributed by atoms with E-state index in [9.17, 15) is 0 Å². The number of aromatic nitrogens is 4. The highest BCUT2D eigenvalue weighted by Gasteiger charge is 2.14. The van der Waals surface area contributed by atoms with Gasteiger partial charge in [0, 0.05) is 24.4 Å². The predicted molar refractivity (Wildman–Crippen MR) is 84.9 cm³/mol. The summed E-state index contributed by atoms with van der Waals surface area (Å²) in [5, 5.41) is 11.0. The SMILES string of the molecule is Cc1cc2c(Sc3nnc(N(C)C)s3)nc(N)nc2s1. The van der Waals surface area contributed by atoms with Crippen LogP contribution in [-0.2, 0) is 0 Å². The smallest absolute Gasteiger partial charge is 0.222 e. The minimum absolute atomic E-state index is 0.291. The first-order valence-electron chi connectivity index (χ1n) is 5.75. The summed E-state index contributed by atoms with van der Waals surface area (Å²) in [5.74, 6) is 0.291. The van der Waals surface area contributed by atoms with Crippen LogP contribution in [0.2, 0.25) is 0 Å². The lowest BCUT2D eigenvalue weighted by Gasteiger charge is -2.03. The van der Waals surface area contributed by atoms with E-state index in [1.54, 1.807) is 11.3 Å². The van der Waals surface area contributed by atoms with E-state index in [0.29, 0.717) is 5.95 Å². The fourth-order valence-electron chi connectivity index (χ4n) is 1.62. The van der Waals surface area contributed by atoms with Gasteiger partial charge in [-0.25, -0.2) is 9.97 Å². The standard InChI is InChI=1S/C11H12N6S3/c1-5-4-6-7(18-5)13-9(12)14-8(6)19-11-16-15-10(20-11)17(2)3/h4H,1-3H3,(H2,12,13,14). The van der Waals surface area contributed by atoms with E-state index in [1.165, 1.54) is 28.0 Å². The van der Waals surface area contributed by atoms with Crippen molar-refractivity contribution in [2.45, 2.75) is 16.3 Å². The topological polar surface area (TPSA) is 80.8 Å². The molecule has 104 valence electrons. The fourth-order valence-corrected chi connectivity index (χ4v) is 4.35. The molecule has 0 aliphatic rings. The summed E-state index contributed by atoms with van der Waals surface area (Å²) in [6, 6.07) is 2.08. The molecule has 0 radical (unpaired) electrons. The highest BCUT2D eigenvalue weighted by molar-refractivity contribution is 8.01. The van der Waals surface area contributed by atoms with E-state index in [0.717, 1.165) is 24.7 Å². The number of anilines is 2. The quantitative estimate of drug-likeness (QED) is 0.742. The van der Waals surface area contributed by atoms with Crippen molar-refractivity contribution in [3.8, 4) is 0 Å². The number of aryl methyl sites for hydroxylation is 1. The summed E-state index contributed by atoms with van der Waals surface area (Å²) in [6.07, 6.45) is 0. The lowest BCUT2D eigenvalue weighted by molar-refractivity contribution is 0.971. The molecular weight excluding hydrogens is 312 g/mol. The summed E-state index contributed by atoms with van der Waals surface area (Å²) in [5.41, 5.74) is 5.77. The molecule has 0 amide bonds. The Kier molecular flexibility index (Phi) is 3.48. The number of thiophene rings is 1. The average Bonchev–Trinajstić information content (AvgIpc) is 2.95. The Morgan fingerprint density at radius 2 is 2.00 bits per heavy atom. The third kappa shape index (κ3) is 2.56. The largest absolute Gasteiger partial charge is 0.368 e. The van der Waals surface area contributed by atoms with Crippen LogP contribution in [0.25, 0.3) is 10.2 Å². The molecule has 0 unspecified atom stereocenters. The minimum Gasteiger partial charge on any atom is -0.368 e. The van der Waals surface area contributed by atoms with E-state index in [1.807, 2.05) is 25.9 Å². The molecule has 3 rings (SSSR count). The van der Waals surface area contributed by atoms with Crippen molar-refractivity contribution in [1.82, 2.24) is 20.2 Å². The normalized spacial score (nSPS) is 11.2. The molecule has 20 heavy (non-hydrogen) atoms. The lowest BCUT2D eigenvalue weighted by Crippen LogP contribution is -2.07. The molecule has 6 nitrogen and oxygen atoms in total. The number of nitrogens with two attached hydrogens (primary N) is 1. The second-order valence-corrected chi connectivity index (χ2v) is 7.74. The number of hydrogen-bond acceptors (Lipinski definition) is 9. The molecule has 0 bridgehead atoms. The third-order valence-electron chi connectivity index (χ3n) is 2.46. The summed E-state index contributed by atoms with van der Waals surface area (Å²) in [7, 11) is 3.89. The van der Waals surface area contributed by atoms with E-state index in [-0.39, 0.29) is 0 Å². The Morgan fingerprint density at radius 1 is 1.20 bits per heavy atom. The molecule has 0 spiro atoms. The Labute approximate surface area is 128 Å². The van der Waals surface area contributed by atoms with Crippen LogP contribution in [0.1, 0.15) is 4.88 Å². The summed E-state index contributed by atoms with van der Waals surface area (Å²) >= 11 is 4.62. The van der Waals surface area contributed by atoms with Crippen LogP contribution in [-0.4, -0.2) is 34.3 Å². The summed E-state index contributed by atoms with van der Waals surface area (Å²) in [6.45, 7) is 2.05. The first-order valence-corrected chi connectivity index (χ1v) is 8.20. The first kappa shape index (κ1) is 13.5. The maximum Gasteiger partial charge on any atom is 0.222 e. The van der Waals surface area contributed by atoms with Crippen LogP contribution in [0.3, 0.4) is 0 Å². The molecule has 0 saturated heterocycles. The van der Waals surface area contributed by atoms with Gasteiger partial charge in [-0.2, -0.15) is 0 Å². The Balaban J connectivity index is 2.00. The zero-order chi connectivity index (χ0) is 14.3. The van der Waals surface area contributed by atoms with E-state index in [2.05, 4.69) is 26.2 Å². The van der Waals surface area contributed by atoms with Gasteiger partial charge in [-0.05, 0) is 24.8 Å². The zero-order valence-corrected chi connectivity index (χ0v) is 13.6. The van der Waals surface area contributed by atoms with Crippen LogP contribution in [0.15, 0.2) is 15.4 Å². The van der Waals surface area contributed by atoms with Gasteiger partial charge < -0.3 is 10.6 Å². The zero-order valence-electron chi connectivity index (χ0n) is 11.1. The van der Waals surface area contributed by atoms with Gasteiger partial charge in [-0.15, -0.1) is 21.5 Å². The number of nitrogen functional groups attached to an aromatic ring is 1. The molecule has 3 aromatic heterocycles. The Bertz CT molecular complexity index is 763. The van der Waals surface area contributed by atoms with Gasteiger partial charge in [0.2, 0.25) is 11.1 Å². The van der Waals surface area contributed by atoms with Gasteiger partial charge in [0.15, 0.2) is 4.34 Å². The predicted octanol–water partition coefficient (Wildman–Crippen LogP) is 2.65. The molecule has 0 saturated carbocycles. The van der Waals surface area contributed by atoms with Crippen molar-refractivity contribution in [3.63, 3.8) is 0 Å². The second-order valence-electron chi connectivity index (χ2n) is 4.31. The van der Waals surface area contributed by atoms with Crippen molar-refractivity contribution in [1.29, 1.82) is 0 Å². The Hall–Kier alpha value is -1.45. The number of hydrogen-bond donors (Lipinski definition) is 1. The van der Waals surface area contributed by atoms with Crippen molar-refractivity contribution < 1.29 is 0 Å². The van der Waals surface area contributed by atoms with Gasteiger partial charge in [0.1, 0.15) is 9.86 Å². The maximum absolute atomic E-state index is 5.77. The van der Waals surface area contributed by atoms with Gasteiger partial charge >= 0.3 is 0 Å². The van der Waals surface area contributed by atoms with Crippen LogP contribution >= 0.6 is 34.4 Å². The van der Waals surface area contributed by atoms with Gasteiger partial charge in [-0.1, -0.05) is 11.3 Å². The lowest BCUT2D eigenvalue weighted by atomic mass is 10.4. The number of rotatable bonds is 3. The number of fused-ring (bicyclic) bond motifs is 1. The maximum atomic E-state index is 5.77. The molecule has 3 aromatic rings. The molecule has 0 aliphatic heterocycles. The average molecular weight is 324 g/mol. The van der Waals surface area contributed by atoms with Crippen LogP contribution in [0.4, 0.5) is 11.1 Å². The summed E-state index contributed by atoms with van der Waals surface area (Å²) < 4.78 is 0.844. The minimum atomic E-state index is 0.291. The summed E-state index contributed by atoms with van der Waals surface area (Å²) in [4.78, 5) is 12.6. The fraction of sp³-hybridized carbons (Fsp3) is 0.273. The molecule has 0 atom stereocenters. The van der Waals surface area contributed by atoms with Crippen LogP contribution in [0, 0.1) is 6.92 Å². The monoisotopic (exact) mass is 324 g/mol. The van der Waals surface area contributed by atoms with Crippen molar-refractivity contribution in [3.05, 3.63) is 10.9 Å². The van der Waals surface area contributed by atoms with E-state index < -0.39 is 0 Å². The molecule has 9 heteroatoms. The van der Waals surface area contributed by atoms with Gasteiger partial charge in [-0.3, -0.25) is 0 Å². The van der Waals surface area contributed by atoms with Gasteiger partial charge in [0.25, 0.3) is 0 Å². The van der Waals surface area contributed by atoms with Crippen molar-refractivity contribution in [2.24, 2.45) is 0 Å². The van der Waals surface area contributed by atoms with Crippen LogP contribution in [0.5, 0.6) is 0 Å². The second kappa shape index (κ2) is 5.15. The van der Waals surface area contributed by atoms with E-state index >= 15 is 0 Å².